The van der Waals surface area contributed by atoms with Crippen LogP contribution in [0.4, 0.5) is 4.39 Å². The molecule has 6 nitrogen and oxygen atoms in total. The number of rotatable bonds is 7. The van der Waals surface area contributed by atoms with Crippen LogP contribution in [-0.4, -0.2) is 43.7 Å². The summed E-state index contributed by atoms with van der Waals surface area (Å²) >= 11 is 0. The molecule has 1 heterocycles. The third-order valence-corrected chi connectivity index (χ3v) is 7.39. The van der Waals surface area contributed by atoms with Crippen molar-refractivity contribution in [1.82, 2.24) is 9.21 Å². The van der Waals surface area contributed by atoms with Crippen molar-refractivity contribution in [3.8, 4) is 5.75 Å². The number of methoxy groups -OCH3 is 1. The molecule has 186 valence electrons. The van der Waals surface area contributed by atoms with E-state index in [0.717, 1.165) is 26.4 Å². The Labute approximate surface area is 211 Å². The van der Waals surface area contributed by atoms with Crippen molar-refractivity contribution in [2.75, 3.05) is 20.2 Å². The van der Waals surface area contributed by atoms with Crippen molar-refractivity contribution in [3.05, 3.63) is 119 Å². The summed E-state index contributed by atoms with van der Waals surface area (Å²) in [5, 5.41) is 1.12. The van der Waals surface area contributed by atoms with E-state index in [1.165, 1.54) is 18.2 Å². The third kappa shape index (κ3) is 6.27. The summed E-state index contributed by atoms with van der Waals surface area (Å²) in [6.45, 7) is -0.0716. The number of benzene rings is 3. The van der Waals surface area contributed by atoms with Crippen LogP contribution in [0.2, 0.25) is 0 Å². The maximum atomic E-state index is 13.5. The van der Waals surface area contributed by atoms with Crippen molar-refractivity contribution >= 4 is 22.0 Å². The molecule has 0 radical (unpaired) electrons. The Kier molecular flexibility index (Phi) is 7.97. The molecule has 3 aromatic rings. The predicted octanol–water partition coefficient (Wildman–Crippen LogP) is 4.78. The number of ether oxygens (including phenoxy) is 1. The third-order valence-electron chi connectivity index (χ3n) is 5.91. The molecule has 0 bridgehead atoms. The normalized spacial score (nSPS) is 18.1. The highest BCUT2D eigenvalue weighted by Gasteiger charge is 2.30. The van der Waals surface area contributed by atoms with Crippen LogP contribution in [-0.2, 0) is 21.4 Å². The molecule has 0 saturated carbocycles. The van der Waals surface area contributed by atoms with Gasteiger partial charge in [0.05, 0.1) is 19.7 Å². The van der Waals surface area contributed by atoms with E-state index in [9.17, 15) is 17.6 Å². The van der Waals surface area contributed by atoms with Crippen molar-refractivity contribution in [3.63, 3.8) is 0 Å². The number of hydrogen-bond donors (Lipinski definition) is 0. The molecule has 4 rings (SSSR count). The Hall–Kier alpha value is -3.75. The van der Waals surface area contributed by atoms with E-state index < -0.39 is 16.1 Å². The molecule has 1 atom stereocenters. The summed E-state index contributed by atoms with van der Waals surface area (Å²) in [4.78, 5) is 15.1. The van der Waals surface area contributed by atoms with Crippen LogP contribution in [0.5, 0.6) is 5.75 Å². The van der Waals surface area contributed by atoms with Crippen molar-refractivity contribution in [1.29, 1.82) is 0 Å². The van der Waals surface area contributed by atoms with Crippen LogP contribution in [0.15, 0.2) is 96.4 Å². The van der Waals surface area contributed by atoms with Gasteiger partial charge in [-0.05, 0) is 47.0 Å². The molecule has 0 spiro atoms. The van der Waals surface area contributed by atoms with E-state index in [0.29, 0.717) is 5.75 Å². The fraction of sp³-hybridized carbons (Fsp3) is 0.179. The highest BCUT2D eigenvalue weighted by molar-refractivity contribution is 7.92. The van der Waals surface area contributed by atoms with E-state index in [1.54, 1.807) is 42.4 Å². The average Bonchev–Trinajstić information content (AvgIpc) is 2.89. The molecule has 0 aromatic heterocycles. The summed E-state index contributed by atoms with van der Waals surface area (Å²) in [5.74, 6) is -0.0412. The Morgan fingerprint density at radius 2 is 1.69 bits per heavy atom. The van der Waals surface area contributed by atoms with Gasteiger partial charge in [0.2, 0.25) is 15.9 Å². The van der Waals surface area contributed by atoms with Gasteiger partial charge in [-0.3, -0.25) is 4.79 Å². The highest BCUT2D eigenvalue weighted by Crippen LogP contribution is 2.28. The van der Waals surface area contributed by atoms with Gasteiger partial charge < -0.3 is 9.64 Å². The van der Waals surface area contributed by atoms with Gasteiger partial charge in [0.25, 0.3) is 0 Å². The van der Waals surface area contributed by atoms with Gasteiger partial charge in [0.1, 0.15) is 11.6 Å². The summed E-state index contributed by atoms with van der Waals surface area (Å²) in [6, 6.07) is 21.9. The zero-order valence-corrected chi connectivity index (χ0v) is 20.6. The summed E-state index contributed by atoms with van der Waals surface area (Å²) in [6.07, 6.45) is 5.09. The Morgan fingerprint density at radius 1 is 1.00 bits per heavy atom. The van der Waals surface area contributed by atoms with Gasteiger partial charge in [0.15, 0.2) is 0 Å². The van der Waals surface area contributed by atoms with E-state index >= 15 is 0 Å². The zero-order valence-electron chi connectivity index (χ0n) is 19.8. The highest BCUT2D eigenvalue weighted by atomic mass is 32.2. The van der Waals surface area contributed by atoms with Gasteiger partial charge in [-0.1, -0.05) is 66.7 Å². The number of carbonyl (C=O) groups excluding carboxylic acids is 1. The summed E-state index contributed by atoms with van der Waals surface area (Å²) < 4.78 is 46.0. The van der Waals surface area contributed by atoms with E-state index in [1.807, 2.05) is 48.5 Å². The topological polar surface area (TPSA) is 66.9 Å². The number of nitrogens with zero attached hydrogens (tertiary/aromatic N) is 2. The fourth-order valence-corrected chi connectivity index (χ4v) is 5.03. The van der Waals surface area contributed by atoms with Crippen LogP contribution in [0.3, 0.4) is 0 Å². The molecular formula is C28H27FN2O4S. The molecule has 0 N–H and O–H groups in total. The van der Waals surface area contributed by atoms with Gasteiger partial charge >= 0.3 is 0 Å². The maximum absolute atomic E-state index is 13.5. The second-order valence-electron chi connectivity index (χ2n) is 8.35. The lowest BCUT2D eigenvalue weighted by molar-refractivity contribution is -0.133. The van der Waals surface area contributed by atoms with E-state index in [-0.39, 0.29) is 31.4 Å². The van der Waals surface area contributed by atoms with Crippen LogP contribution >= 0.6 is 0 Å². The van der Waals surface area contributed by atoms with E-state index in [4.69, 9.17) is 4.74 Å². The molecule has 1 aliphatic rings. The molecule has 1 unspecified atom stereocenters. The molecule has 8 heteroatoms. The van der Waals surface area contributed by atoms with Crippen molar-refractivity contribution in [2.24, 2.45) is 0 Å². The molecule has 36 heavy (non-hydrogen) atoms. The first-order chi connectivity index (χ1) is 17.4. The molecule has 0 fully saturated rings. The lowest BCUT2D eigenvalue weighted by atomic mass is 10.0. The summed E-state index contributed by atoms with van der Waals surface area (Å²) in [7, 11) is -2.28. The van der Waals surface area contributed by atoms with Gasteiger partial charge in [-0.25, -0.2) is 12.8 Å². The number of sulfonamides is 1. The Morgan fingerprint density at radius 3 is 2.36 bits per heavy atom. The predicted molar refractivity (Wildman–Crippen MR) is 138 cm³/mol. The van der Waals surface area contributed by atoms with E-state index in [2.05, 4.69) is 0 Å². The number of amides is 1. The number of halogens is 1. The maximum Gasteiger partial charge on any atom is 0.238 e. The minimum Gasteiger partial charge on any atom is -0.497 e. The first kappa shape index (κ1) is 25.3. The first-order valence-electron chi connectivity index (χ1n) is 11.4. The zero-order chi connectivity index (χ0) is 25.5. The summed E-state index contributed by atoms with van der Waals surface area (Å²) in [5.41, 5.74) is 2.32. The first-order valence-corrected chi connectivity index (χ1v) is 12.9. The minimum atomic E-state index is -3.86. The number of hydrogen-bond acceptors (Lipinski definition) is 4. The fourth-order valence-electron chi connectivity index (χ4n) is 3.95. The monoisotopic (exact) mass is 506 g/mol. The molecular weight excluding hydrogens is 479 g/mol. The lowest BCUT2D eigenvalue weighted by Crippen LogP contribution is -2.44. The van der Waals surface area contributed by atoms with Crippen molar-refractivity contribution in [2.45, 2.75) is 12.6 Å². The Bertz CT molecular complexity index is 1340. The second kappa shape index (κ2) is 11.3. The molecule has 1 aliphatic heterocycles. The van der Waals surface area contributed by atoms with Crippen LogP contribution in [0.1, 0.15) is 22.7 Å². The standard InChI is InChI=1S/C28H27FN2O4S/c1-35-26-15-11-24(12-16-26)27-8-5-18-30(36(33,34)19-17-22-6-3-2-4-7-22)21-28(32)31(27)20-23-9-13-25(29)14-10-23/h2-17,19,27H,18,20-21H2,1H3/b8-5-,19-17+. The van der Waals surface area contributed by atoms with Crippen molar-refractivity contribution < 1.29 is 22.3 Å². The average molecular weight is 507 g/mol. The van der Waals surface area contributed by atoms with Gasteiger partial charge in [0, 0.05) is 18.5 Å². The van der Waals surface area contributed by atoms with Crippen LogP contribution in [0, 0.1) is 5.82 Å². The molecule has 3 aromatic carbocycles. The molecule has 0 saturated heterocycles. The second-order valence-corrected chi connectivity index (χ2v) is 10.2. The SMILES string of the molecule is COc1ccc(C2/C=C\CN(S(=O)(=O)/C=C/c3ccccc3)CC(=O)N2Cc2ccc(F)cc2)cc1. The Balaban J connectivity index is 1.65. The minimum absolute atomic E-state index is 0.0598. The largest absolute Gasteiger partial charge is 0.497 e. The lowest BCUT2D eigenvalue weighted by Gasteiger charge is -2.34. The van der Waals surface area contributed by atoms with Gasteiger partial charge in [-0.2, -0.15) is 4.31 Å². The molecule has 1 amide bonds. The van der Waals surface area contributed by atoms with Gasteiger partial charge in [-0.15, -0.1) is 0 Å². The smallest absolute Gasteiger partial charge is 0.238 e. The number of carbonyl (C=O) groups is 1. The molecule has 0 aliphatic carbocycles. The van der Waals surface area contributed by atoms with Crippen LogP contribution in [0.25, 0.3) is 6.08 Å². The quantitative estimate of drug-likeness (QED) is 0.433. The van der Waals surface area contributed by atoms with Crippen LogP contribution < -0.4 is 4.74 Å².